The number of hydrogen-bond acceptors (Lipinski definition) is 18. The number of nitrogens with two attached hydrogens (primary N) is 6. The predicted octanol–water partition coefficient (Wildman–Crippen LogP) is -9.32. The molecular weight excluding hydrogens is 874 g/mol. The third kappa shape index (κ3) is 16.4. The zero-order valence-electron chi connectivity index (χ0n) is 33.0. The molecule has 2 aromatic carbocycles. The van der Waals surface area contributed by atoms with Crippen LogP contribution in [-0.2, 0) is 33.6 Å². The maximum Gasteiger partial charge on any atom is 0.299 e. The van der Waals surface area contributed by atoms with Crippen LogP contribution < -0.4 is 92.9 Å². The molecule has 0 bridgehead atoms. The Labute approximate surface area is 362 Å². The van der Waals surface area contributed by atoms with E-state index in [0.29, 0.717) is 6.07 Å². The summed E-state index contributed by atoms with van der Waals surface area (Å²) in [6.45, 7) is 0. The molecule has 0 saturated heterocycles. The van der Waals surface area contributed by atoms with Gasteiger partial charge >= 0.3 is 0 Å². The van der Waals surface area contributed by atoms with Crippen molar-refractivity contribution >= 4 is 82.3 Å². The van der Waals surface area contributed by atoms with Crippen LogP contribution in [0.5, 0.6) is 0 Å². The molecule has 0 saturated carbocycles. The summed E-state index contributed by atoms with van der Waals surface area (Å²) in [5.41, 5.74) is 29.7. The SMILES string of the molecule is N=C(N)NC(NC(=O)C(NC(=N)N)NC(=O)C(NC(=N)N)NC(=O)C(NC(=N)N)NC(=O)C(NC(=O)C(O)Nc1ccc([N+](=O)[O-])cc1[N+](=O)[O-])c1ccccc1)C(=O)NC(N)C(N)=O. The van der Waals surface area contributed by atoms with Crippen molar-refractivity contribution in [2.75, 3.05) is 5.32 Å². The van der Waals surface area contributed by atoms with Crippen molar-refractivity contribution in [3.63, 3.8) is 0 Å². The van der Waals surface area contributed by atoms with E-state index in [-0.39, 0.29) is 5.56 Å². The molecule has 28 N–H and O–H groups in total. The number of nitrogens with zero attached hydrogens (tertiary/aromatic N) is 2. The number of non-ortho nitro benzene ring substituents is 1. The topological polar surface area (TPSA) is 610 Å². The summed E-state index contributed by atoms with van der Waals surface area (Å²) in [6.07, 6.45) is -12.7. The van der Waals surface area contributed by atoms with Gasteiger partial charge in [0.2, 0.25) is 12.1 Å². The van der Waals surface area contributed by atoms with Gasteiger partial charge in [-0.25, -0.2) is 0 Å². The second kappa shape index (κ2) is 23.4. The largest absolute Gasteiger partial charge is 0.370 e. The summed E-state index contributed by atoms with van der Waals surface area (Å²) in [5, 5.41) is 85.9. The van der Waals surface area contributed by atoms with Crippen LogP contribution in [0.1, 0.15) is 11.6 Å². The number of carbonyl (C=O) groups excluding carboxylic acids is 7. The lowest BCUT2D eigenvalue weighted by Crippen LogP contribution is -2.69. The maximum atomic E-state index is 13.8. The fourth-order valence-electron chi connectivity index (χ4n) is 4.79. The number of nitrogens with one attached hydrogen (secondary N) is 15. The van der Waals surface area contributed by atoms with Gasteiger partial charge < -0.3 is 98.0 Å². The Balaban J connectivity index is 2.40. The number of primary amides is 1. The van der Waals surface area contributed by atoms with Crippen LogP contribution in [0.3, 0.4) is 0 Å². The van der Waals surface area contributed by atoms with Gasteiger partial charge in [-0.1, -0.05) is 30.3 Å². The van der Waals surface area contributed by atoms with Gasteiger partial charge in [0.25, 0.3) is 46.8 Å². The standard InChI is InChI=1S/C30H43N23O12/c31-14(15(32)54)43-21(56)16(48-27(33)34)45-23(58)18(50-29(37)38)47-24(59)19(51-30(39)40)46-22(57)17(49-28(35)36)44-20(55)13(9-4-2-1-3-5-9)42-26(61)25(60)41-11-7-6-10(52(62)63)8-12(11)53(64)65/h1-8,13-14,16-19,25,41,60H,31H2,(H2,32,54)(H,42,61)(H,43,56)(H,44,55)(H,45,58)(H,46,57)(H,47,59)(H4,33,34,48)(H4,35,36,49)(H4,37,38,50)(H4,39,40,51). The molecule has 0 aromatic heterocycles. The van der Waals surface area contributed by atoms with Crippen molar-refractivity contribution < 1.29 is 48.5 Å². The number of anilines is 1. The molecule has 0 aliphatic heterocycles. The van der Waals surface area contributed by atoms with Crippen LogP contribution in [0.4, 0.5) is 17.1 Å². The number of rotatable bonds is 22. The Hall–Kier alpha value is -9.67. The molecule has 2 rings (SSSR count). The highest BCUT2D eigenvalue weighted by Gasteiger charge is 2.35. The van der Waals surface area contributed by atoms with Crippen molar-refractivity contribution in [3.8, 4) is 0 Å². The first kappa shape index (κ1) is 51.5. The van der Waals surface area contributed by atoms with Crippen molar-refractivity contribution in [3.05, 3.63) is 74.3 Å². The zero-order chi connectivity index (χ0) is 49.3. The number of nitro benzene ring substituents is 2. The summed E-state index contributed by atoms with van der Waals surface area (Å²) in [6, 6.07) is 7.33. The molecule has 35 heteroatoms. The molecule has 350 valence electrons. The molecule has 65 heavy (non-hydrogen) atoms. The summed E-state index contributed by atoms with van der Waals surface area (Å²) < 4.78 is 0. The molecule has 7 atom stereocenters. The Morgan fingerprint density at radius 1 is 0.538 bits per heavy atom. The molecule has 7 unspecified atom stereocenters. The molecular formula is C30H43N23O12. The highest BCUT2D eigenvalue weighted by atomic mass is 16.6. The Kier molecular flexibility index (Phi) is 18.5. The van der Waals surface area contributed by atoms with Crippen LogP contribution in [0.25, 0.3) is 0 Å². The van der Waals surface area contributed by atoms with Gasteiger partial charge in [-0.05, 0) is 11.6 Å². The van der Waals surface area contributed by atoms with Gasteiger partial charge in [-0.2, -0.15) is 0 Å². The van der Waals surface area contributed by atoms with E-state index >= 15 is 0 Å². The number of amides is 7. The van der Waals surface area contributed by atoms with Gasteiger partial charge in [0, 0.05) is 6.07 Å². The fourth-order valence-corrected chi connectivity index (χ4v) is 4.79. The zero-order valence-corrected chi connectivity index (χ0v) is 33.0. The minimum absolute atomic E-state index is 0.0134. The highest BCUT2D eigenvalue weighted by Crippen LogP contribution is 2.29. The first-order chi connectivity index (χ1) is 30.3. The van der Waals surface area contributed by atoms with Crippen LogP contribution >= 0.6 is 0 Å². The van der Waals surface area contributed by atoms with Crippen molar-refractivity contribution in [2.45, 2.75) is 43.1 Å². The lowest BCUT2D eigenvalue weighted by atomic mass is 10.1. The number of carbonyl (C=O) groups is 7. The molecule has 0 aliphatic rings. The quantitative estimate of drug-likeness (QED) is 0.0171. The number of guanidine groups is 4. The van der Waals surface area contributed by atoms with Crippen molar-refractivity contribution in [1.82, 2.24) is 53.2 Å². The molecule has 0 aliphatic carbocycles. The second-order valence-corrected chi connectivity index (χ2v) is 12.5. The Morgan fingerprint density at radius 3 is 1.31 bits per heavy atom. The average molecular weight is 918 g/mol. The predicted molar refractivity (Wildman–Crippen MR) is 220 cm³/mol. The van der Waals surface area contributed by atoms with E-state index in [9.17, 15) is 58.9 Å². The normalized spacial score (nSPS) is 13.6. The van der Waals surface area contributed by atoms with E-state index in [4.69, 9.17) is 56.0 Å². The number of aliphatic hydroxyl groups excluding tert-OH is 1. The molecule has 35 nitrogen and oxygen atoms in total. The first-order valence-corrected chi connectivity index (χ1v) is 17.5. The minimum atomic E-state index is -2.36. The molecule has 0 fully saturated rings. The highest BCUT2D eigenvalue weighted by molar-refractivity contribution is 6.00. The summed E-state index contributed by atoms with van der Waals surface area (Å²) >= 11 is 0. The number of benzene rings is 2. The molecule has 2 aromatic rings. The van der Waals surface area contributed by atoms with Crippen molar-refractivity contribution in [1.29, 1.82) is 21.6 Å². The third-order valence-corrected chi connectivity index (χ3v) is 7.61. The van der Waals surface area contributed by atoms with Crippen molar-refractivity contribution in [2.24, 2.45) is 34.4 Å². The van der Waals surface area contributed by atoms with E-state index in [0.717, 1.165) is 12.1 Å². The van der Waals surface area contributed by atoms with E-state index < -0.39 is 135 Å². The number of nitro groups is 2. The fraction of sp³-hybridized carbons (Fsp3) is 0.233. The molecule has 0 spiro atoms. The summed E-state index contributed by atoms with van der Waals surface area (Å²) in [7, 11) is 0. The number of hydrogen-bond donors (Lipinski definition) is 22. The van der Waals surface area contributed by atoms with E-state index in [2.05, 4.69) is 21.3 Å². The average Bonchev–Trinajstić information content (AvgIpc) is 3.20. The molecule has 7 amide bonds. The van der Waals surface area contributed by atoms with E-state index in [1.54, 1.807) is 0 Å². The monoisotopic (exact) mass is 917 g/mol. The lowest BCUT2D eigenvalue weighted by Gasteiger charge is -2.28. The lowest BCUT2D eigenvalue weighted by molar-refractivity contribution is -0.393. The van der Waals surface area contributed by atoms with Gasteiger partial charge in [0.1, 0.15) is 11.7 Å². The van der Waals surface area contributed by atoms with Gasteiger partial charge in [-0.15, -0.1) is 0 Å². The Morgan fingerprint density at radius 2 is 0.938 bits per heavy atom. The second-order valence-electron chi connectivity index (χ2n) is 12.5. The number of aliphatic hydroxyl groups is 1. The van der Waals surface area contributed by atoms with E-state index in [1.165, 1.54) is 30.3 Å². The van der Waals surface area contributed by atoms with Crippen LogP contribution in [0, 0.1) is 41.9 Å². The van der Waals surface area contributed by atoms with E-state index in [1.807, 2.05) is 37.2 Å². The molecule has 0 heterocycles. The van der Waals surface area contributed by atoms with Gasteiger partial charge in [0.05, 0.1) is 15.9 Å². The van der Waals surface area contributed by atoms with Crippen LogP contribution in [0.2, 0.25) is 0 Å². The van der Waals surface area contributed by atoms with Gasteiger partial charge in [0.15, 0.2) is 54.7 Å². The molecule has 0 radical (unpaired) electrons. The minimum Gasteiger partial charge on any atom is -0.370 e. The van der Waals surface area contributed by atoms with Gasteiger partial charge in [-0.3, -0.25) is 75.4 Å². The maximum absolute atomic E-state index is 13.8. The summed E-state index contributed by atoms with van der Waals surface area (Å²) in [5.74, 6) is -13.4. The summed E-state index contributed by atoms with van der Waals surface area (Å²) in [4.78, 5) is 112. The van der Waals surface area contributed by atoms with Crippen LogP contribution in [0.15, 0.2) is 48.5 Å². The van der Waals surface area contributed by atoms with Crippen LogP contribution in [-0.4, -0.2) is 117 Å². The first-order valence-electron chi connectivity index (χ1n) is 17.5. The third-order valence-electron chi connectivity index (χ3n) is 7.61. The smallest absolute Gasteiger partial charge is 0.299 e. The Bertz CT molecular complexity index is 2230.